The summed E-state index contributed by atoms with van der Waals surface area (Å²) < 4.78 is 56.4. The molecule has 1 aromatic carbocycles. The molecule has 6 nitrogen and oxygen atoms in total. The van der Waals surface area contributed by atoms with Crippen molar-refractivity contribution < 1.29 is 22.0 Å². The zero-order valence-corrected chi connectivity index (χ0v) is 18.6. The van der Waals surface area contributed by atoms with Gasteiger partial charge in [-0.15, -0.1) is 0 Å². The summed E-state index contributed by atoms with van der Waals surface area (Å²) in [6.07, 6.45) is 0.442. The van der Waals surface area contributed by atoms with Crippen LogP contribution in [0.4, 0.5) is 13.9 Å². The van der Waals surface area contributed by atoms with E-state index in [2.05, 4.69) is 14.7 Å². The maximum atomic E-state index is 13.7. The van der Waals surface area contributed by atoms with E-state index in [0.29, 0.717) is 35.8 Å². The highest BCUT2D eigenvalue weighted by molar-refractivity contribution is 7.92. The number of carbonyl (C=O) groups is 1. The lowest BCUT2D eigenvalue weighted by Crippen LogP contribution is -2.15. The maximum Gasteiger partial charge on any atom is 0.257 e. The van der Waals surface area contributed by atoms with Crippen LogP contribution >= 0.6 is 11.5 Å². The highest BCUT2D eigenvalue weighted by Gasteiger charge is 2.37. The minimum Gasteiger partial charge on any atom is -0.297 e. The van der Waals surface area contributed by atoms with E-state index in [1.54, 1.807) is 18.2 Å². The van der Waals surface area contributed by atoms with Crippen LogP contribution < -0.4 is 5.32 Å². The fraction of sp³-hybridized carbons (Fsp3) is 0.476. The molecule has 2 atom stereocenters. The zero-order valence-electron chi connectivity index (χ0n) is 16.9. The third kappa shape index (κ3) is 4.85. The van der Waals surface area contributed by atoms with E-state index in [1.165, 1.54) is 12.1 Å². The molecule has 0 saturated heterocycles. The molecular formula is C21H23F2N3O3S2. The van der Waals surface area contributed by atoms with Crippen molar-refractivity contribution in [3.63, 3.8) is 0 Å². The fourth-order valence-electron chi connectivity index (χ4n) is 3.65. The lowest BCUT2D eigenvalue weighted by Gasteiger charge is -2.11. The van der Waals surface area contributed by atoms with Crippen LogP contribution in [0, 0.1) is 5.92 Å². The Hall–Kier alpha value is -2.20. The van der Waals surface area contributed by atoms with Crippen molar-refractivity contribution in [2.75, 3.05) is 5.32 Å². The quantitative estimate of drug-likeness (QED) is 0.618. The lowest BCUT2D eigenvalue weighted by molar-refractivity contribution is -0.111. The van der Waals surface area contributed by atoms with Gasteiger partial charge in [0.15, 0.2) is 9.84 Å². The summed E-state index contributed by atoms with van der Waals surface area (Å²) in [6.45, 7) is 1.90. The molecule has 1 heterocycles. The standard InChI is InChI=1S/C21H23F2N3O3S2/c1-2-19-24-21(30-26-19)25-20(27)16(9-12-10-17(22)18(23)11-12)13-3-5-14(6-4-13)31(28,29)15-7-8-15/h3-6,9,12,15,17-18H,2,7-8,10-11H2,1H3,(H,24,25,26,27)/b16-9+. The molecule has 2 saturated carbocycles. The van der Waals surface area contributed by atoms with Crippen LogP contribution in [0.3, 0.4) is 0 Å². The van der Waals surface area contributed by atoms with Crippen LogP contribution in [-0.4, -0.2) is 41.3 Å². The molecule has 166 valence electrons. The third-order valence-electron chi connectivity index (χ3n) is 5.56. The van der Waals surface area contributed by atoms with Gasteiger partial charge >= 0.3 is 0 Å². The third-order valence-corrected chi connectivity index (χ3v) is 8.50. The molecule has 1 amide bonds. The number of halogens is 2. The topological polar surface area (TPSA) is 89.0 Å². The second-order valence-corrected chi connectivity index (χ2v) is 10.9. The van der Waals surface area contributed by atoms with Crippen molar-refractivity contribution in [2.24, 2.45) is 5.92 Å². The average molecular weight is 468 g/mol. The molecule has 2 aliphatic carbocycles. The van der Waals surface area contributed by atoms with Crippen LogP contribution in [0.5, 0.6) is 0 Å². The molecule has 0 radical (unpaired) electrons. The molecule has 2 aliphatic rings. The Kier molecular flexibility index (Phi) is 6.20. The Morgan fingerprint density at radius 2 is 1.84 bits per heavy atom. The number of rotatable bonds is 7. The molecule has 1 N–H and O–H groups in total. The van der Waals surface area contributed by atoms with Gasteiger partial charge < -0.3 is 0 Å². The Bertz CT molecular complexity index is 1090. The lowest BCUT2D eigenvalue weighted by atomic mass is 9.98. The van der Waals surface area contributed by atoms with Gasteiger partial charge in [0.05, 0.1) is 10.1 Å². The minimum atomic E-state index is -3.35. The first kappa shape index (κ1) is 22.0. The summed E-state index contributed by atoms with van der Waals surface area (Å²) in [7, 11) is -3.35. The summed E-state index contributed by atoms with van der Waals surface area (Å²) >= 11 is 1.05. The SMILES string of the molecule is CCc1nsc(NC(=O)/C(=C/C2CC(F)C(F)C2)c2ccc(S(=O)(=O)C3CC3)cc2)n1. The summed E-state index contributed by atoms with van der Waals surface area (Å²) in [5, 5.41) is 2.70. The highest BCUT2D eigenvalue weighted by Crippen LogP contribution is 2.36. The Balaban J connectivity index is 1.62. The number of aromatic nitrogens is 2. The van der Waals surface area contributed by atoms with Crippen molar-refractivity contribution >= 4 is 38.0 Å². The van der Waals surface area contributed by atoms with Gasteiger partial charge in [-0.05, 0) is 49.3 Å². The van der Waals surface area contributed by atoms with E-state index >= 15 is 0 Å². The number of aryl methyl sites for hydroxylation is 1. The second-order valence-electron chi connectivity index (χ2n) is 7.94. The van der Waals surface area contributed by atoms with Crippen molar-refractivity contribution in [3.05, 3.63) is 41.7 Å². The summed E-state index contributed by atoms with van der Waals surface area (Å²) in [6, 6.07) is 6.09. The smallest absolute Gasteiger partial charge is 0.257 e. The van der Waals surface area contributed by atoms with Crippen molar-refractivity contribution in [2.45, 2.75) is 61.5 Å². The van der Waals surface area contributed by atoms with Crippen molar-refractivity contribution in [1.82, 2.24) is 9.36 Å². The van der Waals surface area contributed by atoms with Gasteiger partial charge in [0.2, 0.25) is 5.13 Å². The van der Waals surface area contributed by atoms with Crippen LogP contribution in [0.1, 0.15) is 44.0 Å². The number of anilines is 1. The number of alkyl halides is 2. The minimum absolute atomic E-state index is 0.00484. The Morgan fingerprint density at radius 3 is 2.39 bits per heavy atom. The van der Waals surface area contributed by atoms with Gasteiger partial charge in [-0.3, -0.25) is 10.1 Å². The Morgan fingerprint density at radius 1 is 1.19 bits per heavy atom. The number of amides is 1. The summed E-state index contributed by atoms with van der Waals surface area (Å²) in [5.41, 5.74) is 0.708. The molecule has 0 spiro atoms. The summed E-state index contributed by atoms with van der Waals surface area (Å²) in [4.78, 5) is 17.4. The van der Waals surface area contributed by atoms with Gasteiger partial charge in [-0.25, -0.2) is 22.2 Å². The molecule has 2 aromatic rings. The van der Waals surface area contributed by atoms with Gasteiger partial charge in [0, 0.05) is 23.5 Å². The van der Waals surface area contributed by atoms with Crippen LogP contribution in [-0.2, 0) is 21.1 Å². The molecule has 31 heavy (non-hydrogen) atoms. The van der Waals surface area contributed by atoms with Crippen LogP contribution in [0.25, 0.3) is 5.57 Å². The van der Waals surface area contributed by atoms with Gasteiger partial charge in [0.1, 0.15) is 18.2 Å². The molecule has 2 fully saturated rings. The molecule has 1 aromatic heterocycles. The maximum absolute atomic E-state index is 13.7. The summed E-state index contributed by atoms with van der Waals surface area (Å²) in [5.74, 6) is -0.299. The molecule has 0 bridgehead atoms. The predicted molar refractivity (Wildman–Crippen MR) is 115 cm³/mol. The van der Waals surface area contributed by atoms with Crippen molar-refractivity contribution in [1.29, 1.82) is 0 Å². The number of allylic oxidation sites excluding steroid dienone is 1. The number of hydrogen-bond donors (Lipinski definition) is 1. The van der Waals surface area contributed by atoms with E-state index in [-0.39, 0.29) is 28.6 Å². The molecule has 10 heteroatoms. The number of nitrogens with zero attached hydrogens (tertiary/aromatic N) is 2. The van der Waals surface area contributed by atoms with E-state index in [9.17, 15) is 22.0 Å². The van der Waals surface area contributed by atoms with Gasteiger partial charge in [-0.1, -0.05) is 25.1 Å². The second kappa shape index (κ2) is 8.74. The molecular weight excluding hydrogens is 444 g/mol. The number of benzene rings is 1. The monoisotopic (exact) mass is 467 g/mol. The van der Waals surface area contributed by atoms with E-state index in [4.69, 9.17) is 0 Å². The molecule has 4 rings (SSSR count). The van der Waals surface area contributed by atoms with E-state index in [1.807, 2.05) is 6.92 Å². The first-order valence-electron chi connectivity index (χ1n) is 10.3. The van der Waals surface area contributed by atoms with Crippen LogP contribution in [0.15, 0.2) is 35.2 Å². The molecule has 2 unspecified atom stereocenters. The van der Waals surface area contributed by atoms with Crippen LogP contribution in [0.2, 0.25) is 0 Å². The zero-order chi connectivity index (χ0) is 22.2. The van der Waals surface area contributed by atoms with E-state index in [0.717, 1.165) is 11.5 Å². The normalized spacial score (nSPS) is 24.4. The largest absolute Gasteiger partial charge is 0.297 e. The first-order chi connectivity index (χ1) is 14.8. The Labute approximate surface area is 183 Å². The highest BCUT2D eigenvalue weighted by atomic mass is 32.2. The first-order valence-corrected chi connectivity index (χ1v) is 12.6. The van der Waals surface area contributed by atoms with Crippen molar-refractivity contribution in [3.8, 4) is 0 Å². The number of hydrogen-bond acceptors (Lipinski definition) is 6. The number of nitrogens with one attached hydrogen (secondary N) is 1. The average Bonchev–Trinajstić information content (AvgIpc) is 3.45. The number of sulfone groups is 1. The number of carbonyl (C=O) groups excluding carboxylic acids is 1. The van der Waals surface area contributed by atoms with E-state index < -0.39 is 34.0 Å². The molecule has 0 aliphatic heterocycles. The van der Waals surface area contributed by atoms with Gasteiger partial charge in [-0.2, -0.15) is 4.37 Å². The predicted octanol–water partition coefficient (Wildman–Crippen LogP) is 4.14. The fourth-order valence-corrected chi connectivity index (χ4v) is 5.96. The van der Waals surface area contributed by atoms with Gasteiger partial charge in [0.25, 0.3) is 5.91 Å².